The molecular weight excluding hydrogens is 462 g/mol. The second-order valence-electron chi connectivity index (χ2n) is 6.88. The molecule has 0 aromatic heterocycles. The molecule has 0 radical (unpaired) electrons. The second kappa shape index (κ2) is 10.2. The minimum absolute atomic E-state index is 0.0208. The van der Waals surface area contributed by atoms with E-state index < -0.39 is 23.9 Å². The van der Waals surface area contributed by atoms with Crippen molar-refractivity contribution in [2.75, 3.05) is 14.2 Å². The van der Waals surface area contributed by atoms with Gasteiger partial charge in [-0.15, -0.1) is 0 Å². The lowest BCUT2D eigenvalue weighted by Gasteiger charge is -2.18. The monoisotopic (exact) mass is 483 g/mol. The average molecular weight is 484 g/mol. The van der Waals surface area contributed by atoms with Crippen LogP contribution in [0.25, 0.3) is 21.9 Å². The second-order valence-corrected chi connectivity index (χ2v) is 7.80. The number of hydrogen-bond donors (Lipinski definition) is 1. The third-order valence-corrected chi connectivity index (χ3v) is 5.46. The van der Waals surface area contributed by atoms with Gasteiger partial charge in [0.1, 0.15) is 6.04 Å². The SMILES string of the molecule is COC(=O)CC[C@H](NC(=O)c1ccc(Br)cc1-c1cccc2ccccc12)C(=O)OC. The number of halogens is 1. The van der Waals surface area contributed by atoms with E-state index in [0.29, 0.717) is 5.56 Å². The summed E-state index contributed by atoms with van der Waals surface area (Å²) in [7, 11) is 2.51. The molecule has 0 fully saturated rings. The summed E-state index contributed by atoms with van der Waals surface area (Å²) in [5, 5.41) is 4.76. The van der Waals surface area contributed by atoms with Crippen LogP contribution in [-0.2, 0) is 19.1 Å². The van der Waals surface area contributed by atoms with Gasteiger partial charge in [-0.2, -0.15) is 0 Å². The van der Waals surface area contributed by atoms with E-state index >= 15 is 0 Å². The maximum Gasteiger partial charge on any atom is 0.328 e. The number of carbonyl (C=O) groups is 3. The Morgan fingerprint density at radius 3 is 2.42 bits per heavy atom. The molecular formula is C24H22BrNO5. The Hall–Kier alpha value is -3.19. The zero-order chi connectivity index (χ0) is 22.4. The first-order chi connectivity index (χ1) is 14.9. The third-order valence-electron chi connectivity index (χ3n) is 4.96. The van der Waals surface area contributed by atoms with Gasteiger partial charge >= 0.3 is 11.9 Å². The van der Waals surface area contributed by atoms with E-state index in [1.54, 1.807) is 12.1 Å². The van der Waals surface area contributed by atoms with E-state index in [9.17, 15) is 14.4 Å². The van der Waals surface area contributed by atoms with Crippen LogP contribution in [0.2, 0.25) is 0 Å². The van der Waals surface area contributed by atoms with Crippen LogP contribution < -0.4 is 5.32 Å². The van der Waals surface area contributed by atoms with Crippen LogP contribution >= 0.6 is 15.9 Å². The number of amides is 1. The fraction of sp³-hybridized carbons (Fsp3) is 0.208. The molecule has 3 aromatic rings. The fourth-order valence-electron chi connectivity index (χ4n) is 3.39. The third kappa shape index (κ3) is 5.30. The highest BCUT2D eigenvalue weighted by molar-refractivity contribution is 9.10. The van der Waals surface area contributed by atoms with Gasteiger partial charge in [0.25, 0.3) is 5.91 Å². The Labute approximate surface area is 188 Å². The Kier molecular flexibility index (Phi) is 7.41. The summed E-state index contributed by atoms with van der Waals surface area (Å²) in [6.45, 7) is 0. The molecule has 7 heteroatoms. The summed E-state index contributed by atoms with van der Waals surface area (Å²) in [4.78, 5) is 36.8. The zero-order valence-corrected chi connectivity index (χ0v) is 18.8. The summed E-state index contributed by atoms with van der Waals surface area (Å²) >= 11 is 3.48. The van der Waals surface area contributed by atoms with E-state index in [2.05, 4.69) is 26.0 Å². The molecule has 0 saturated heterocycles. The van der Waals surface area contributed by atoms with Crippen LogP contribution in [0, 0.1) is 0 Å². The molecule has 1 amide bonds. The van der Waals surface area contributed by atoms with Crippen LogP contribution in [0.4, 0.5) is 0 Å². The Morgan fingerprint density at radius 1 is 0.935 bits per heavy atom. The highest BCUT2D eigenvalue weighted by Crippen LogP contribution is 2.33. The molecule has 31 heavy (non-hydrogen) atoms. The summed E-state index contributed by atoms with van der Waals surface area (Å²) < 4.78 is 10.2. The van der Waals surface area contributed by atoms with Crippen molar-refractivity contribution in [3.63, 3.8) is 0 Å². The molecule has 6 nitrogen and oxygen atoms in total. The van der Waals surface area contributed by atoms with Gasteiger partial charge in [0.2, 0.25) is 0 Å². The van der Waals surface area contributed by atoms with Crippen molar-refractivity contribution >= 4 is 44.5 Å². The zero-order valence-electron chi connectivity index (χ0n) is 17.2. The molecule has 1 atom stereocenters. The molecule has 160 valence electrons. The Morgan fingerprint density at radius 2 is 1.68 bits per heavy atom. The van der Waals surface area contributed by atoms with Gasteiger partial charge in [-0.3, -0.25) is 9.59 Å². The fourth-order valence-corrected chi connectivity index (χ4v) is 3.75. The first kappa shape index (κ1) is 22.5. The smallest absolute Gasteiger partial charge is 0.328 e. The number of methoxy groups -OCH3 is 2. The van der Waals surface area contributed by atoms with Crippen LogP contribution in [-0.4, -0.2) is 38.1 Å². The largest absolute Gasteiger partial charge is 0.469 e. The van der Waals surface area contributed by atoms with E-state index in [1.807, 2.05) is 48.5 Å². The maximum absolute atomic E-state index is 13.2. The van der Waals surface area contributed by atoms with Gasteiger partial charge in [0.05, 0.1) is 14.2 Å². The number of ether oxygens (including phenoxy) is 2. The highest BCUT2D eigenvalue weighted by Gasteiger charge is 2.25. The molecule has 0 bridgehead atoms. The summed E-state index contributed by atoms with van der Waals surface area (Å²) in [6.07, 6.45) is 0.0538. The van der Waals surface area contributed by atoms with Gasteiger partial charge in [0, 0.05) is 16.5 Å². The number of esters is 2. The molecule has 1 N–H and O–H groups in total. The molecule has 0 spiro atoms. The van der Waals surface area contributed by atoms with Crippen molar-refractivity contribution in [3.8, 4) is 11.1 Å². The van der Waals surface area contributed by atoms with E-state index in [-0.39, 0.29) is 12.8 Å². The minimum atomic E-state index is -0.972. The molecule has 0 aliphatic carbocycles. The van der Waals surface area contributed by atoms with Crippen molar-refractivity contribution in [3.05, 3.63) is 70.7 Å². The molecule has 0 aliphatic rings. The number of carbonyl (C=O) groups excluding carboxylic acids is 3. The van der Waals surface area contributed by atoms with Crippen LogP contribution in [0.15, 0.2) is 65.1 Å². The molecule has 0 aliphatic heterocycles. The van der Waals surface area contributed by atoms with Crippen molar-refractivity contribution in [2.45, 2.75) is 18.9 Å². The van der Waals surface area contributed by atoms with Gasteiger partial charge < -0.3 is 14.8 Å². The minimum Gasteiger partial charge on any atom is -0.469 e. The normalized spacial score (nSPS) is 11.6. The van der Waals surface area contributed by atoms with Crippen LogP contribution in [0.5, 0.6) is 0 Å². The Balaban J connectivity index is 1.98. The van der Waals surface area contributed by atoms with Gasteiger partial charge in [-0.25, -0.2) is 4.79 Å². The van der Waals surface area contributed by atoms with E-state index in [1.165, 1.54) is 14.2 Å². The van der Waals surface area contributed by atoms with Crippen LogP contribution in [0.3, 0.4) is 0 Å². The van der Waals surface area contributed by atoms with Crippen LogP contribution in [0.1, 0.15) is 23.2 Å². The lowest BCUT2D eigenvalue weighted by Crippen LogP contribution is -2.42. The first-order valence-electron chi connectivity index (χ1n) is 9.67. The predicted octanol–water partition coefficient (Wildman–Crippen LogP) is 4.49. The topological polar surface area (TPSA) is 81.7 Å². The standard InChI is InChI=1S/C24H22BrNO5/c1-30-22(27)13-12-21(24(29)31-2)26-23(28)19-11-10-16(25)14-20(19)18-9-5-7-15-6-3-4-8-17(15)18/h3-11,14,21H,12-13H2,1-2H3,(H,26,28)/t21-/m0/s1. The average Bonchev–Trinajstić information content (AvgIpc) is 2.80. The number of rotatable bonds is 7. The van der Waals surface area contributed by atoms with E-state index in [4.69, 9.17) is 4.74 Å². The van der Waals surface area contributed by atoms with Crippen molar-refractivity contribution in [1.29, 1.82) is 0 Å². The lowest BCUT2D eigenvalue weighted by molar-refractivity contribution is -0.144. The molecule has 0 saturated carbocycles. The van der Waals surface area contributed by atoms with Crippen molar-refractivity contribution in [2.24, 2.45) is 0 Å². The highest BCUT2D eigenvalue weighted by atomic mass is 79.9. The predicted molar refractivity (Wildman–Crippen MR) is 122 cm³/mol. The number of benzene rings is 3. The van der Waals surface area contributed by atoms with Crippen molar-refractivity contribution < 1.29 is 23.9 Å². The van der Waals surface area contributed by atoms with E-state index in [0.717, 1.165) is 26.4 Å². The van der Waals surface area contributed by atoms with Gasteiger partial charge in [0.15, 0.2) is 0 Å². The maximum atomic E-state index is 13.2. The summed E-state index contributed by atoms with van der Waals surface area (Å²) in [5.41, 5.74) is 2.03. The van der Waals surface area contributed by atoms with Gasteiger partial charge in [-0.05, 0) is 46.5 Å². The molecule has 3 aromatic carbocycles. The summed E-state index contributed by atoms with van der Waals surface area (Å²) in [5.74, 6) is -1.53. The number of nitrogens with one attached hydrogen (secondary N) is 1. The quantitative estimate of drug-likeness (QED) is 0.500. The van der Waals surface area contributed by atoms with Crippen molar-refractivity contribution in [1.82, 2.24) is 5.32 Å². The summed E-state index contributed by atoms with van der Waals surface area (Å²) in [6, 6.07) is 18.2. The lowest BCUT2D eigenvalue weighted by atomic mass is 9.94. The molecule has 0 heterocycles. The Bertz CT molecular complexity index is 1120. The number of hydrogen-bond acceptors (Lipinski definition) is 5. The number of fused-ring (bicyclic) bond motifs is 1. The molecule has 0 unspecified atom stereocenters. The van der Waals surface area contributed by atoms with Gasteiger partial charge in [-0.1, -0.05) is 58.4 Å². The first-order valence-corrected chi connectivity index (χ1v) is 10.5. The molecule has 3 rings (SSSR count).